The van der Waals surface area contributed by atoms with Crippen LogP contribution >= 0.6 is 0 Å². The Morgan fingerprint density at radius 3 is 1.35 bits per heavy atom. The second kappa shape index (κ2) is 8.13. The van der Waals surface area contributed by atoms with Gasteiger partial charge in [0.1, 0.15) is 0 Å². The van der Waals surface area contributed by atoms with Crippen LogP contribution < -0.4 is 5.32 Å². The highest BCUT2D eigenvalue weighted by Crippen LogP contribution is 2.41. The first-order chi connectivity index (χ1) is 11.0. The molecule has 2 aliphatic carbocycles. The fourth-order valence-corrected chi connectivity index (χ4v) is 4.67. The van der Waals surface area contributed by atoms with E-state index in [1.54, 1.807) is 0 Å². The Kier molecular flexibility index (Phi) is 6.45. The Hall–Kier alpha value is -1.10. The van der Waals surface area contributed by atoms with E-state index in [1.165, 1.54) is 12.8 Å². The van der Waals surface area contributed by atoms with Gasteiger partial charge in [0.25, 0.3) is 0 Å². The molecule has 2 aliphatic rings. The Bertz CT molecular complexity index is 371. The van der Waals surface area contributed by atoms with Crippen molar-refractivity contribution < 1.29 is 19.8 Å². The number of carboxylic acids is 2. The van der Waals surface area contributed by atoms with Crippen LogP contribution in [0.5, 0.6) is 0 Å². The van der Waals surface area contributed by atoms with Crippen LogP contribution in [0, 0.1) is 10.8 Å². The van der Waals surface area contributed by atoms with Gasteiger partial charge in [0.15, 0.2) is 0 Å². The van der Waals surface area contributed by atoms with E-state index in [1.807, 2.05) is 0 Å². The number of hydrogen-bond donors (Lipinski definition) is 3. The molecular weight excluding hydrogens is 294 g/mol. The van der Waals surface area contributed by atoms with Gasteiger partial charge in [-0.1, -0.05) is 38.5 Å². The van der Waals surface area contributed by atoms with Gasteiger partial charge >= 0.3 is 11.9 Å². The van der Waals surface area contributed by atoms with Crippen molar-refractivity contribution in [2.75, 3.05) is 13.1 Å². The first-order valence-electron chi connectivity index (χ1n) is 9.10. The Balaban J connectivity index is 1.93. The maximum atomic E-state index is 11.2. The average Bonchev–Trinajstić information content (AvgIpc) is 2.47. The molecule has 0 unspecified atom stereocenters. The van der Waals surface area contributed by atoms with Crippen LogP contribution in [0.1, 0.15) is 77.0 Å². The van der Waals surface area contributed by atoms with Gasteiger partial charge in [-0.15, -0.1) is 0 Å². The number of carbonyl (C=O) groups is 2. The molecule has 2 saturated carbocycles. The predicted molar refractivity (Wildman–Crippen MR) is 88.4 cm³/mol. The molecular formula is C18H31NO4. The summed E-state index contributed by atoms with van der Waals surface area (Å²) in [5.41, 5.74) is -0.272. The van der Waals surface area contributed by atoms with E-state index >= 15 is 0 Å². The summed E-state index contributed by atoms with van der Waals surface area (Å²) in [6, 6.07) is 0. The standard InChI is InChI=1S/C18H31NO4/c20-15(21)11-17(7-3-1-4-8-17)13-19-14-18(12-16(22)23)9-5-2-6-10-18/h19H,1-14H2,(H,20,21)(H,22,23). The molecule has 0 spiro atoms. The lowest BCUT2D eigenvalue weighted by Gasteiger charge is -2.40. The zero-order chi connectivity index (χ0) is 16.8. The summed E-state index contributed by atoms with van der Waals surface area (Å²) < 4.78 is 0. The molecule has 0 aliphatic heterocycles. The molecule has 132 valence electrons. The second-order valence-corrected chi connectivity index (χ2v) is 7.87. The minimum Gasteiger partial charge on any atom is -0.481 e. The van der Waals surface area contributed by atoms with Crippen LogP contribution in [-0.4, -0.2) is 35.2 Å². The summed E-state index contributed by atoms with van der Waals surface area (Å²) >= 11 is 0. The molecule has 23 heavy (non-hydrogen) atoms. The molecule has 5 heteroatoms. The van der Waals surface area contributed by atoms with Gasteiger partial charge in [0.05, 0.1) is 12.8 Å². The number of carboxylic acid groups (broad SMARTS) is 2. The fraction of sp³-hybridized carbons (Fsp3) is 0.889. The third-order valence-corrected chi connectivity index (χ3v) is 5.88. The highest BCUT2D eigenvalue weighted by atomic mass is 16.4. The van der Waals surface area contributed by atoms with Crippen molar-refractivity contribution in [1.29, 1.82) is 0 Å². The molecule has 0 aromatic carbocycles. The van der Waals surface area contributed by atoms with Crippen LogP contribution in [0.2, 0.25) is 0 Å². The van der Waals surface area contributed by atoms with Crippen LogP contribution in [0.15, 0.2) is 0 Å². The Labute approximate surface area is 138 Å². The van der Waals surface area contributed by atoms with Gasteiger partial charge in [-0.3, -0.25) is 9.59 Å². The summed E-state index contributed by atoms with van der Waals surface area (Å²) in [5.74, 6) is -1.43. The molecule has 0 aromatic rings. The van der Waals surface area contributed by atoms with Crippen molar-refractivity contribution in [3.63, 3.8) is 0 Å². The third kappa shape index (κ3) is 5.48. The van der Waals surface area contributed by atoms with Crippen LogP contribution in [0.3, 0.4) is 0 Å². The minimum atomic E-state index is -0.716. The maximum Gasteiger partial charge on any atom is 0.303 e. The number of nitrogens with one attached hydrogen (secondary N) is 1. The molecule has 2 rings (SSSR count). The number of aliphatic carboxylic acids is 2. The van der Waals surface area contributed by atoms with Crippen molar-refractivity contribution in [2.24, 2.45) is 10.8 Å². The highest BCUT2D eigenvalue weighted by molar-refractivity contribution is 5.68. The molecule has 0 atom stereocenters. The smallest absolute Gasteiger partial charge is 0.303 e. The van der Waals surface area contributed by atoms with Crippen molar-refractivity contribution in [1.82, 2.24) is 5.32 Å². The Morgan fingerprint density at radius 1 is 0.696 bits per heavy atom. The summed E-state index contributed by atoms with van der Waals surface area (Å²) in [4.78, 5) is 22.5. The molecule has 0 heterocycles. The SMILES string of the molecule is O=C(O)CC1(CNCC2(CC(=O)O)CCCCC2)CCCCC1. The summed E-state index contributed by atoms with van der Waals surface area (Å²) in [7, 11) is 0. The van der Waals surface area contributed by atoms with Crippen molar-refractivity contribution in [3.05, 3.63) is 0 Å². The van der Waals surface area contributed by atoms with E-state index in [4.69, 9.17) is 0 Å². The molecule has 5 nitrogen and oxygen atoms in total. The molecule has 0 bridgehead atoms. The fourth-order valence-electron chi connectivity index (χ4n) is 4.67. The molecule has 3 N–H and O–H groups in total. The van der Waals surface area contributed by atoms with Crippen molar-refractivity contribution >= 4 is 11.9 Å². The normalized spacial score (nSPS) is 23.3. The lowest BCUT2D eigenvalue weighted by Crippen LogP contribution is -2.44. The van der Waals surface area contributed by atoms with Gasteiger partial charge in [0, 0.05) is 13.1 Å². The van der Waals surface area contributed by atoms with Gasteiger partial charge in [-0.25, -0.2) is 0 Å². The molecule has 2 fully saturated rings. The lowest BCUT2D eigenvalue weighted by atomic mass is 9.70. The minimum absolute atomic E-state index is 0.136. The first-order valence-corrected chi connectivity index (χ1v) is 9.10. The topological polar surface area (TPSA) is 86.6 Å². The lowest BCUT2D eigenvalue weighted by molar-refractivity contribution is -0.140. The van der Waals surface area contributed by atoms with Gasteiger partial charge < -0.3 is 15.5 Å². The van der Waals surface area contributed by atoms with E-state index in [0.29, 0.717) is 13.1 Å². The molecule has 0 saturated heterocycles. The molecule has 0 amide bonds. The van der Waals surface area contributed by atoms with E-state index in [9.17, 15) is 19.8 Å². The van der Waals surface area contributed by atoms with Crippen molar-refractivity contribution in [2.45, 2.75) is 77.0 Å². The van der Waals surface area contributed by atoms with Crippen molar-refractivity contribution in [3.8, 4) is 0 Å². The van der Waals surface area contributed by atoms with E-state index in [2.05, 4.69) is 5.32 Å². The third-order valence-electron chi connectivity index (χ3n) is 5.88. The van der Waals surface area contributed by atoms with E-state index in [-0.39, 0.29) is 23.7 Å². The summed E-state index contributed by atoms with van der Waals surface area (Å²) in [5, 5.41) is 22.0. The quantitative estimate of drug-likeness (QED) is 0.636. The van der Waals surface area contributed by atoms with Crippen LogP contribution in [-0.2, 0) is 9.59 Å². The van der Waals surface area contributed by atoms with Gasteiger partial charge in [-0.05, 0) is 36.5 Å². The summed E-state index contributed by atoms with van der Waals surface area (Å²) in [6.45, 7) is 1.42. The van der Waals surface area contributed by atoms with Gasteiger partial charge in [-0.2, -0.15) is 0 Å². The Morgan fingerprint density at radius 2 is 1.04 bits per heavy atom. The van der Waals surface area contributed by atoms with Crippen LogP contribution in [0.25, 0.3) is 0 Å². The zero-order valence-corrected chi connectivity index (χ0v) is 14.1. The largest absolute Gasteiger partial charge is 0.481 e. The number of rotatable bonds is 8. The van der Waals surface area contributed by atoms with E-state index < -0.39 is 11.9 Å². The number of hydrogen-bond acceptors (Lipinski definition) is 3. The average molecular weight is 325 g/mol. The van der Waals surface area contributed by atoms with E-state index in [0.717, 1.165) is 51.4 Å². The first kappa shape index (κ1) is 18.2. The highest BCUT2D eigenvalue weighted by Gasteiger charge is 2.37. The monoisotopic (exact) mass is 325 g/mol. The van der Waals surface area contributed by atoms with Gasteiger partial charge in [0.2, 0.25) is 0 Å². The predicted octanol–water partition coefficient (Wildman–Crippen LogP) is 3.43. The summed E-state index contributed by atoms with van der Waals surface area (Å²) in [6.07, 6.45) is 11.2. The molecule has 0 radical (unpaired) electrons. The maximum absolute atomic E-state index is 11.2. The second-order valence-electron chi connectivity index (χ2n) is 7.87. The molecule has 0 aromatic heterocycles. The zero-order valence-electron chi connectivity index (χ0n) is 14.1. The van der Waals surface area contributed by atoms with Crippen LogP contribution in [0.4, 0.5) is 0 Å².